The van der Waals surface area contributed by atoms with Crippen molar-refractivity contribution >= 4 is 25.5 Å². The van der Waals surface area contributed by atoms with Crippen LogP contribution in [-0.2, 0) is 18.8 Å². The number of carbonyl (C=O) groups is 1. The molecule has 134 valence electrons. The van der Waals surface area contributed by atoms with Gasteiger partial charge in [0.05, 0.1) is 6.61 Å². The van der Waals surface area contributed by atoms with E-state index in [9.17, 15) is 9.36 Å². The molecule has 0 saturated carbocycles. The maximum absolute atomic E-state index is 12.8. The minimum atomic E-state index is -1.70. The van der Waals surface area contributed by atoms with Gasteiger partial charge in [0.25, 0.3) is 5.85 Å². The number of carbonyl (C=O) groups excluding carboxylic acids is 1. The monoisotopic (exact) mass is 371 g/mol. The Morgan fingerprint density at radius 2 is 1.83 bits per heavy atom. The normalized spacial score (nSPS) is 14.3. The summed E-state index contributed by atoms with van der Waals surface area (Å²) in [4.78, 5) is 13.4. The Bertz CT molecular complexity index is 507. The van der Waals surface area contributed by atoms with Gasteiger partial charge < -0.3 is 9.47 Å². The summed E-state index contributed by atoms with van der Waals surface area (Å²) < 4.78 is 23.7. The van der Waals surface area contributed by atoms with E-state index in [-0.39, 0.29) is 5.97 Å². The molecule has 0 heterocycles. The molecule has 0 aliphatic carbocycles. The standard InChI is InChI=1S/C18H28O4PS/c1-5-21-17(19)16(12-14(3)4)18(22-6-2)23(20)13-24-15-10-8-7-9-11-15/h7-11,14,16,18H,5-6,12-13H2,1-4H3/q+1. The summed E-state index contributed by atoms with van der Waals surface area (Å²) in [5.74, 6) is -1.09. The smallest absolute Gasteiger partial charge is 0.382 e. The summed E-state index contributed by atoms with van der Waals surface area (Å²) in [5.41, 5.74) is 0.429. The van der Waals surface area contributed by atoms with Crippen LogP contribution in [0.4, 0.5) is 0 Å². The lowest BCUT2D eigenvalue weighted by Gasteiger charge is -2.20. The maximum Gasteiger partial charge on any atom is 0.382 e. The van der Waals surface area contributed by atoms with E-state index in [1.807, 2.05) is 51.1 Å². The van der Waals surface area contributed by atoms with Crippen molar-refractivity contribution in [1.29, 1.82) is 0 Å². The lowest BCUT2D eigenvalue weighted by Crippen LogP contribution is -2.31. The minimum Gasteiger partial charge on any atom is -0.466 e. The largest absolute Gasteiger partial charge is 0.466 e. The number of benzene rings is 1. The first-order valence-electron chi connectivity index (χ1n) is 8.39. The zero-order valence-electron chi connectivity index (χ0n) is 14.9. The van der Waals surface area contributed by atoms with Crippen molar-refractivity contribution in [2.24, 2.45) is 11.8 Å². The second-order valence-corrected chi connectivity index (χ2v) is 8.97. The van der Waals surface area contributed by atoms with E-state index in [4.69, 9.17) is 9.47 Å². The summed E-state index contributed by atoms with van der Waals surface area (Å²) in [6, 6.07) is 9.83. The number of hydrogen-bond donors (Lipinski definition) is 0. The van der Waals surface area contributed by atoms with E-state index in [1.165, 1.54) is 11.8 Å². The van der Waals surface area contributed by atoms with Crippen molar-refractivity contribution in [2.75, 3.05) is 18.7 Å². The molecule has 0 radical (unpaired) electrons. The van der Waals surface area contributed by atoms with Gasteiger partial charge in [0.15, 0.2) is 5.49 Å². The quantitative estimate of drug-likeness (QED) is 0.306. The third-order valence-electron chi connectivity index (χ3n) is 3.38. The lowest BCUT2D eigenvalue weighted by molar-refractivity contribution is -0.152. The van der Waals surface area contributed by atoms with E-state index in [1.54, 1.807) is 6.92 Å². The highest BCUT2D eigenvalue weighted by Crippen LogP contribution is 2.41. The average molecular weight is 371 g/mol. The minimum absolute atomic E-state index is 0.299. The summed E-state index contributed by atoms with van der Waals surface area (Å²) in [7, 11) is -1.70. The van der Waals surface area contributed by atoms with Crippen LogP contribution in [-0.4, -0.2) is 30.5 Å². The Morgan fingerprint density at radius 1 is 1.17 bits per heavy atom. The van der Waals surface area contributed by atoms with Gasteiger partial charge in [-0.25, -0.2) is 0 Å². The summed E-state index contributed by atoms with van der Waals surface area (Å²) in [5, 5.41) is 0. The van der Waals surface area contributed by atoms with E-state index >= 15 is 0 Å². The molecule has 0 fully saturated rings. The Balaban J connectivity index is 2.82. The SMILES string of the molecule is CCOC(=O)C(CC(C)C)C(OCC)[P+](=O)CSc1ccccc1. The van der Waals surface area contributed by atoms with Gasteiger partial charge in [-0.1, -0.05) is 48.4 Å². The van der Waals surface area contributed by atoms with E-state index < -0.39 is 19.6 Å². The highest BCUT2D eigenvalue weighted by Gasteiger charge is 2.43. The van der Waals surface area contributed by atoms with Gasteiger partial charge in [-0.15, -0.1) is 0 Å². The van der Waals surface area contributed by atoms with Crippen LogP contribution in [0.25, 0.3) is 0 Å². The predicted octanol–water partition coefficient (Wildman–Crippen LogP) is 5.15. The van der Waals surface area contributed by atoms with Crippen LogP contribution >= 0.6 is 19.6 Å². The number of hydrogen-bond acceptors (Lipinski definition) is 5. The van der Waals surface area contributed by atoms with Crippen molar-refractivity contribution in [3.63, 3.8) is 0 Å². The molecule has 1 aromatic carbocycles. The Labute approximate surface area is 150 Å². The van der Waals surface area contributed by atoms with Crippen molar-refractivity contribution in [3.05, 3.63) is 30.3 Å². The van der Waals surface area contributed by atoms with Crippen molar-refractivity contribution in [2.45, 2.75) is 44.9 Å². The fourth-order valence-electron chi connectivity index (χ4n) is 2.39. The number of ether oxygens (including phenoxy) is 2. The highest BCUT2D eigenvalue weighted by atomic mass is 32.2. The van der Waals surface area contributed by atoms with Crippen LogP contribution < -0.4 is 0 Å². The molecule has 0 spiro atoms. The molecule has 1 aromatic rings. The van der Waals surface area contributed by atoms with Gasteiger partial charge in [0.2, 0.25) is 0 Å². The first kappa shape index (κ1) is 21.1. The predicted molar refractivity (Wildman–Crippen MR) is 99.8 cm³/mol. The maximum atomic E-state index is 12.8. The van der Waals surface area contributed by atoms with E-state index in [2.05, 4.69) is 0 Å². The molecule has 3 unspecified atom stereocenters. The Morgan fingerprint density at radius 3 is 2.38 bits per heavy atom. The molecule has 0 amide bonds. The van der Waals surface area contributed by atoms with Crippen molar-refractivity contribution in [1.82, 2.24) is 0 Å². The molecule has 0 saturated heterocycles. The van der Waals surface area contributed by atoms with Gasteiger partial charge in [0.1, 0.15) is 5.92 Å². The summed E-state index contributed by atoms with van der Waals surface area (Å²) in [6.45, 7) is 8.48. The number of thioether (sulfide) groups is 1. The van der Waals surface area contributed by atoms with Crippen molar-refractivity contribution < 1.29 is 18.8 Å². The molecular weight excluding hydrogens is 343 g/mol. The fourth-order valence-corrected chi connectivity index (χ4v) is 5.39. The molecule has 6 heteroatoms. The zero-order chi connectivity index (χ0) is 17.9. The van der Waals surface area contributed by atoms with Crippen LogP contribution in [0.15, 0.2) is 35.2 Å². The lowest BCUT2D eigenvalue weighted by atomic mass is 9.97. The Hall–Kier alpha value is -0.900. The number of rotatable bonds is 11. The Kier molecular flexibility index (Phi) is 10.2. The number of esters is 1. The van der Waals surface area contributed by atoms with Crippen LogP contribution in [0.3, 0.4) is 0 Å². The fraction of sp³-hybridized carbons (Fsp3) is 0.611. The van der Waals surface area contributed by atoms with Gasteiger partial charge in [-0.3, -0.25) is 4.79 Å². The van der Waals surface area contributed by atoms with Crippen LogP contribution in [0, 0.1) is 11.8 Å². The molecule has 0 aromatic heterocycles. The first-order chi connectivity index (χ1) is 11.5. The molecule has 0 aliphatic rings. The van der Waals surface area contributed by atoms with Gasteiger partial charge >= 0.3 is 13.8 Å². The molecule has 4 nitrogen and oxygen atoms in total. The summed E-state index contributed by atoms with van der Waals surface area (Å²) >= 11 is 1.53. The van der Waals surface area contributed by atoms with Crippen molar-refractivity contribution in [3.8, 4) is 0 Å². The third-order valence-corrected chi connectivity index (χ3v) is 6.60. The van der Waals surface area contributed by atoms with Gasteiger partial charge in [0, 0.05) is 11.5 Å². The van der Waals surface area contributed by atoms with Gasteiger partial charge in [-0.05, 0) is 38.3 Å². The van der Waals surface area contributed by atoms with Crippen LogP contribution in [0.1, 0.15) is 34.1 Å². The highest BCUT2D eigenvalue weighted by molar-refractivity contribution is 8.03. The summed E-state index contributed by atoms with van der Waals surface area (Å²) in [6.07, 6.45) is 0.612. The zero-order valence-corrected chi connectivity index (χ0v) is 16.6. The molecule has 0 N–H and O–H groups in total. The molecule has 0 aliphatic heterocycles. The van der Waals surface area contributed by atoms with Crippen LogP contribution in [0.2, 0.25) is 0 Å². The van der Waals surface area contributed by atoms with E-state index in [0.717, 1.165) is 4.90 Å². The first-order valence-corrected chi connectivity index (χ1v) is 10.9. The van der Waals surface area contributed by atoms with E-state index in [0.29, 0.717) is 31.0 Å². The average Bonchev–Trinajstić information content (AvgIpc) is 2.56. The van der Waals surface area contributed by atoms with Crippen LogP contribution in [0.5, 0.6) is 0 Å². The second kappa shape index (κ2) is 11.6. The van der Waals surface area contributed by atoms with Gasteiger partial charge in [-0.2, -0.15) is 0 Å². The second-order valence-electron chi connectivity index (χ2n) is 5.84. The molecular formula is C18H28O4PS+. The molecule has 1 rings (SSSR count). The molecule has 0 bridgehead atoms. The topological polar surface area (TPSA) is 52.6 Å². The third kappa shape index (κ3) is 7.33. The molecule has 3 atom stereocenters. The molecule has 24 heavy (non-hydrogen) atoms.